The summed E-state index contributed by atoms with van der Waals surface area (Å²) >= 11 is 6.02. The second-order valence-electron chi connectivity index (χ2n) is 3.88. The van der Waals surface area contributed by atoms with Crippen molar-refractivity contribution in [3.8, 4) is 0 Å². The van der Waals surface area contributed by atoms with E-state index >= 15 is 0 Å². The molecule has 96 valence electrons. The average molecular weight is 284 g/mol. The van der Waals surface area contributed by atoms with Crippen LogP contribution in [0.1, 0.15) is 5.82 Å². The minimum absolute atomic E-state index is 0.454. The number of halogens is 1. The lowest BCUT2D eigenvalue weighted by atomic mass is 10.3. The zero-order valence-electron chi connectivity index (χ0n) is 9.97. The molecular formula is C12H14ClN3OS. The highest BCUT2D eigenvalue weighted by Gasteiger charge is 2.12. The summed E-state index contributed by atoms with van der Waals surface area (Å²) in [4.78, 5) is 4.64. The molecule has 0 fully saturated rings. The zero-order chi connectivity index (χ0) is 13.1. The van der Waals surface area contributed by atoms with Crippen molar-refractivity contribution in [3.05, 3.63) is 41.4 Å². The minimum atomic E-state index is -1.21. The first kappa shape index (κ1) is 13.1. The van der Waals surface area contributed by atoms with Crippen LogP contribution in [-0.4, -0.2) is 19.5 Å². The van der Waals surface area contributed by atoms with Crippen LogP contribution in [-0.2, 0) is 17.3 Å². The molecular weight excluding hydrogens is 270 g/mol. The van der Waals surface area contributed by atoms with Crippen molar-refractivity contribution < 1.29 is 4.21 Å². The Labute approximate surface area is 113 Å². The van der Waals surface area contributed by atoms with Crippen molar-refractivity contribution in [2.75, 3.05) is 11.5 Å². The van der Waals surface area contributed by atoms with E-state index in [1.54, 1.807) is 24.4 Å². The molecule has 1 unspecified atom stereocenters. The molecule has 0 aliphatic rings. The van der Waals surface area contributed by atoms with Gasteiger partial charge in [-0.3, -0.25) is 4.21 Å². The highest BCUT2D eigenvalue weighted by molar-refractivity contribution is 7.85. The van der Waals surface area contributed by atoms with Crippen LogP contribution >= 0.6 is 11.6 Å². The smallest absolute Gasteiger partial charge is 0.105 e. The van der Waals surface area contributed by atoms with E-state index in [1.807, 2.05) is 17.7 Å². The molecule has 6 heteroatoms. The van der Waals surface area contributed by atoms with Crippen LogP contribution in [0.5, 0.6) is 0 Å². The van der Waals surface area contributed by atoms with Gasteiger partial charge in [0.25, 0.3) is 0 Å². The van der Waals surface area contributed by atoms with E-state index in [1.165, 1.54) is 0 Å². The maximum absolute atomic E-state index is 12.2. The Hall–Kier alpha value is -1.33. The van der Waals surface area contributed by atoms with E-state index in [0.29, 0.717) is 27.9 Å². The zero-order valence-corrected chi connectivity index (χ0v) is 11.5. The normalized spacial score (nSPS) is 12.6. The summed E-state index contributed by atoms with van der Waals surface area (Å²) < 4.78 is 14.2. The third-order valence-corrected chi connectivity index (χ3v) is 4.56. The Balaban J connectivity index is 2.11. The van der Waals surface area contributed by atoms with E-state index < -0.39 is 10.8 Å². The number of aromatic nitrogens is 2. The number of nitrogens with two attached hydrogens (primary N) is 1. The van der Waals surface area contributed by atoms with Crippen molar-refractivity contribution in [2.24, 2.45) is 0 Å². The van der Waals surface area contributed by atoms with E-state index in [2.05, 4.69) is 4.98 Å². The molecule has 1 atom stereocenters. The van der Waals surface area contributed by atoms with Gasteiger partial charge in [0.15, 0.2) is 0 Å². The van der Waals surface area contributed by atoms with Gasteiger partial charge >= 0.3 is 0 Å². The molecule has 0 amide bonds. The number of hydrogen-bond acceptors (Lipinski definition) is 3. The minimum Gasteiger partial charge on any atom is -0.398 e. The third-order valence-electron chi connectivity index (χ3n) is 2.67. The SMILES string of the molecule is Cc1nccn1CCS(=O)c1c(N)cccc1Cl. The van der Waals surface area contributed by atoms with Gasteiger partial charge in [-0.05, 0) is 19.1 Å². The van der Waals surface area contributed by atoms with Crippen LogP contribution in [0, 0.1) is 6.92 Å². The molecule has 1 aromatic heterocycles. The number of nitrogen functional groups attached to an aromatic ring is 1. The first-order chi connectivity index (χ1) is 8.59. The third kappa shape index (κ3) is 2.73. The van der Waals surface area contributed by atoms with Gasteiger partial charge in [-0.25, -0.2) is 4.98 Å². The van der Waals surface area contributed by atoms with E-state index in [9.17, 15) is 4.21 Å². The van der Waals surface area contributed by atoms with Crippen LogP contribution in [0.25, 0.3) is 0 Å². The van der Waals surface area contributed by atoms with Crippen molar-refractivity contribution in [1.29, 1.82) is 0 Å². The number of hydrogen-bond donors (Lipinski definition) is 1. The molecule has 0 aliphatic carbocycles. The summed E-state index contributed by atoms with van der Waals surface area (Å²) in [5.74, 6) is 1.37. The van der Waals surface area contributed by atoms with Crippen LogP contribution in [0.15, 0.2) is 35.5 Å². The summed E-state index contributed by atoms with van der Waals surface area (Å²) in [6.07, 6.45) is 3.59. The van der Waals surface area contributed by atoms with Gasteiger partial charge in [-0.15, -0.1) is 0 Å². The molecule has 2 aromatic rings. The molecule has 0 aliphatic heterocycles. The van der Waals surface area contributed by atoms with Gasteiger partial charge in [0.1, 0.15) is 5.82 Å². The second-order valence-corrected chi connectivity index (χ2v) is 5.79. The van der Waals surface area contributed by atoms with Gasteiger partial charge in [0.05, 0.1) is 20.7 Å². The Bertz CT molecular complexity index is 562. The molecule has 0 bridgehead atoms. The second kappa shape index (κ2) is 5.54. The standard InChI is InChI=1S/C12H14ClN3OS/c1-9-15-5-6-16(9)7-8-18(17)12-10(13)3-2-4-11(12)14/h2-6H,7-8,14H2,1H3. The number of rotatable bonds is 4. The number of benzene rings is 1. The summed E-state index contributed by atoms with van der Waals surface area (Å²) in [7, 11) is -1.21. The predicted octanol–water partition coefficient (Wildman–Crippen LogP) is 2.23. The first-order valence-corrected chi connectivity index (χ1v) is 7.19. The molecule has 0 radical (unpaired) electrons. The summed E-state index contributed by atoms with van der Waals surface area (Å²) in [5, 5.41) is 0.454. The highest BCUT2D eigenvalue weighted by Crippen LogP contribution is 2.25. The van der Waals surface area contributed by atoms with Crippen LogP contribution in [0.2, 0.25) is 5.02 Å². The predicted molar refractivity (Wildman–Crippen MR) is 74.1 cm³/mol. The maximum Gasteiger partial charge on any atom is 0.105 e. The van der Waals surface area contributed by atoms with E-state index in [0.717, 1.165) is 5.82 Å². The van der Waals surface area contributed by atoms with E-state index in [-0.39, 0.29) is 0 Å². The topological polar surface area (TPSA) is 60.9 Å². The molecule has 1 heterocycles. The van der Waals surface area contributed by atoms with Crippen molar-refractivity contribution >= 4 is 28.1 Å². The lowest BCUT2D eigenvalue weighted by Gasteiger charge is -2.09. The fraction of sp³-hybridized carbons (Fsp3) is 0.250. The molecule has 2 rings (SSSR count). The van der Waals surface area contributed by atoms with Crippen LogP contribution < -0.4 is 5.73 Å². The van der Waals surface area contributed by atoms with Crippen LogP contribution in [0.3, 0.4) is 0 Å². The molecule has 18 heavy (non-hydrogen) atoms. The number of imidazole rings is 1. The monoisotopic (exact) mass is 283 g/mol. The Morgan fingerprint density at radius 2 is 2.28 bits per heavy atom. The lowest BCUT2D eigenvalue weighted by Crippen LogP contribution is -2.10. The Kier molecular flexibility index (Phi) is 4.04. The van der Waals surface area contributed by atoms with Gasteiger partial charge in [-0.1, -0.05) is 17.7 Å². The molecule has 2 N–H and O–H groups in total. The Morgan fingerprint density at radius 1 is 1.50 bits per heavy atom. The summed E-state index contributed by atoms with van der Waals surface area (Å²) in [6, 6.07) is 5.16. The fourth-order valence-electron chi connectivity index (χ4n) is 1.69. The number of anilines is 1. The highest BCUT2D eigenvalue weighted by atomic mass is 35.5. The molecule has 1 aromatic carbocycles. The van der Waals surface area contributed by atoms with Gasteiger partial charge < -0.3 is 10.3 Å². The Morgan fingerprint density at radius 3 is 2.89 bits per heavy atom. The maximum atomic E-state index is 12.2. The van der Waals surface area contributed by atoms with E-state index in [4.69, 9.17) is 17.3 Å². The van der Waals surface area contributed by atoms with Gasteiger partial charge in [0.2, 0.25) is 0 Å². The molecule has 4 nitrogen and oxygen atoms in total. The summed E-state index contributed by atoms with van der Waals surface area (Å²) in [5.41, 5.74) is 6.28. The van der Waals surface area contributed by atoms with Crippen molar-refractivity contribution in [3.63, 3.8) is 0 Å². The number of nitrogens with zero attached hydrogens (tertiary/aromatic N) is 2. The average Bonchev–Trinajstić information content (AvgIpc) is 2.72. The summed E-state index contributed by atoms with van der Waals surface area (Å²) in [6.45, 7) is 2.54. The molecule has 0 spiro atoms. The first-order valence-electron chi connectivity index (χ1n) is 5.49. The lowest BCUT2D eigenvalue weighted by molar-refractivity contribution is 0.670. The van der Waals surface area contributed by atoms with Crippen molar-refractivity contribution in [1.82, 2.24) is 9.55 Å². The van der Waals surface area contributed by atoms with Gasteiger partial charge in [0, 0.05) is 30.4 Å². The largest absolute Gasteiger partial charge is 0.398 e. The van der Waals surface area contributed by atoms with Crippen molar-refractivity contribution in [2.45, 2.75) is 18.4 Å². The molecule has 0 saturated heterocycles. The van der Waals surface area contributed by atoms with Crippen LogP contribution in [0.4, 0.5) is 5.69 Å². The quantitative estimate of drug-likeness (QED) is 0.876. The number of aryl methyl sites for hydroxylation is 2. The molecule has 0 saturated carbocycles. The fourth-order valence-corrected chi connectivity index (χ4v) is 3.31. The van der Waals surface area contributed by atoms with Gasteiger partial charge in [-0.2, -0.15) is 0 Å².